The number of pyridine rings is 2. The van der Waals surface area contributed by atoms with Crippen LogP contribution in [0.3, 0.4) is 0 Å². The van der Waals surface area contributed by atoms with Gasteiger partial charge in [0.2, 0.25) is 17.6 Å². The molecule has 5 aromatic rings. The molecule has 41 heavy (non-hydrogen) atoms. The van der Waals surface area contributed by atoms with Crippen LogP contribution in [0.1, 0.15) is 0 Å². The second-order valence-corrected chi connectivity index (χ2v) is 7.88. The first-order chi connectivity index (χ1) is 19.5. The summed E-state index contributed by atoms with van der Waals surface area (Å²) >= 11 is 0. The first-order valence-electron chi connectivity index (χ1n) is 10.9. The molecule has 5 rings (SSSR count). The third kappa shape index (κ3) is 4.56. The Morgan fingerprint density at radius 2 is 0.756 bits per heavy atom. The summed E-state index contributed by atoms with van der Waals surface area (Å²) in [6, 6.07) is 8.44. The molecule has 0 aliphatic heterocycles. The van der Waals surface area contributed by atoms with Gasteiger partial charge in [-0.3, -0.25) is 0 Å². The highest BCUT2D eigenvalue weighted by atomic mass is 19.2. The lowest BCUT2D eigenvalue weighted by atomic mass is 10.1. The van der Waals surface area contributed by atoms with Crippen LogP contribution in [-0.4, -0.2) is 24.9 Å². The lowest BCUT2D eigenvalue weighted by Gasteiger charge is -2.22. The monoisotopic (exact) mass is 582 g/mol. The second-order valence-electron chi connectivity index (χ2n) is 7.88. The van der Waals surface area contributed by atoms with E-state index in [0.29, 0.717) is 0 Å². The molecule has 0 amide bonds. The van der Waals surface area contributed by atoms with Gasteiger partial charge in [0.15, 0.2) is 58.2 Å². The van der Waals surface area contributed by atoms with E-state index in [2.05, 4.69) is 24.9 Å². The molecule has 0 unspecified atom stereocenters. The minimum absolute atomic E-state index is 0.107. The Balaban J connectivity index is 1.91. The van der Waals surface area contributed by atoms with Crippen LogP contribution in [-0.2, 0) is 0 Å². The van der Waals surface area contributed by atoms with Crippen LogP contribution < -0.4 is 4.90 Å². The summed E-state index contributed by atoms with van der Waals surface area (Å²) in [7, 11) is 0. The summed E-state index contributed by atoms with van der Waals surface area (Å²) in [5.74, 6) is -28.5. The van der Waals surface area contributed by atoms with Gasteiger partial charge in [-0.25, -0.2) is 63.8 Å². The molecule has 6 nitrogen and oxygen atoms in total. The Hall–Kier alpha value is -5.15. The fraction of sp³-hybridized carbons (Fsp3) is 0. The molecule has 0 spiro atoms. The lowest BCUT2D eigenvalue weighted by molar-refractivity contribution is 0.380. The maximum atomic E-state index is 14.8. The molecule has 208 valence electrons. The smallest absolute Gasteiger partial charge is 0.241 e. The van der Waals surface area contributed by atoms with Crippen molar-refractivity contribution in [3.05, 3.63) is 107 Å². The van der Waals surface area contributed by atoms with Gasteiger partial charge in [0.05, 0.1) is 11.1 Å². The summed E-state index contributed by atoms with van der Waals surface area (Å²) in [4.78, 5) is 19.8. The zero-order valence-corrected chi connectivity index (χ0v) is 19.6. The SMILES string of the molecule is Fc1c(F)c(F)c(-c2nc(-c3c(F)c(F)c(F)c(F)c3F)nc(N(c3ccccn3)c3ccccn3)n2)c(F)c1F. The van der Waals surface area contributed by atoms with Crippen molar-refractivity contribution in [1.82, 2.24) is 24.9 Å². The molecule has 0 aliphatic carbocycles. The maximum Gasteiger partial charge on any atom is 0.241 e. The minimum atomic E-state index is -2.54. The van der Waals surface area contributed by atoms with E-state index in [0.717, 1.165) is 4.90 Å². The van der Waals surface area contributed by atoms with Crippen LogP contribution >= 0.6 is 0 Å². The summed E-state index contributed by atoms with van der Waals surface area (Å²) < 4.78 is 143. The molecule has 0 fully saturated rings. The Labute approximate surface area is 221 Å². The first-order valence-corrected chi connectivity index (χ1v) is 10.9. The van der Waals surface area contributed by atoms with Crippen molar-refractivity contribution in [3.63, 3.8) is 0 Å². The van der Waals surface area contributed by atoms with Gasteiger partial charge in [0.25, 0.3) is 0 Å². The van der Waals surface area contributed by atoms with Gasteiger partial charge in [-0.15, -0.1) is 0 Å². The van der Waals surface area contributed by atoms with Crippen LogP contribution in [0.25, 0.3) is 22.8 Å². The standard InChI is InChI=1S/C25H8F10N6/c26-13-11(14(27)18(31)21(34)17(13)30)23-38-24(12-15(28)19(32)22(35)20(33)16(12)29)40-25(39-23)41(9-5-1-3-7-36-9)10-6-2-4-8-37-10/h1-8H. The Kier molecular flexibility index (Phi) is 6.98. The van der Waals surface area contributed by atoms with E-state index in [1.165, 1.54) is 48.8 Å². The van der Waals surface area contributed by atoms with Gasteiger partial charge in [-0.1, -0.05) is 12.1 Å². The van der Waals surface area contributed by atoms with E-state index in [1.54, 1.807) is 0 Å². The van der Waals surface area contributed by atoms with Crippen molar-refractivity contribution in [2.45, 2.75) is 0 Å². The number of aromatic nitrogens is 5. The summed E-state index contributed by atoms with van der Waals surface area (Å²) in [5.41, 5.74) is -3.56. The molecule has 0 N–H and O–H groups in total. The molecule has 0 saturated heterocycles. The third-order valence-electron chi connectivity index (χ3n) is 5.45. The van der Waals surface area contributed by atoms with Gasteiger partial charge in [-0.05, 0) is 24.3 Å². The molecule has 0 radical (unpaired) electrons. The Bertz CT molecular complexity index is 1620. The Morgan fingerprint density at radius 3 is 1.07 bits per heavy atom. The first kappa shape index (κ1) is 27.4. The van der Waals surface area contributed by atoms with E-state index < -0.39 is 86.9 Å². The van der Waals surface area contributed by atoms with Gasteiger partial charge in [0, 0.05) is 12.4 Å². The van der Waals surface area contributed by atoms with E-state index >= 15 is 0 Å². The number of nitrogens with zero attached hydrogens (tertiary/aromatic N) is 6. The second kappa shape index (κ2) is 10.4. The van der Waals surface area contributed by atoms with Crippen molar-refractivity contribution in [2.24, 2.45) is 0 Å². The number of halogens is 10. The molecule has 16 heteroatoms. The maximum absolute atomic E-state index is 14.8. The number of hydrogen-bond acceptors (Lipinski definition) is 6. The largest absolute Gasteiger partial charge is 0.246 e. The molecule has 0 aliphatic rings. The van der Waals surface area contributed by atoms with E-state index in [1.807, 2.05) is 0 Å². The predicted octanol–water partition coefficient (Wildman–Crippen LogP) is 6.86. The van der Waals surface area contributed by atoms with E-state index in [9.17, 15) is 43.9 Å². The van der Waals surface area contributed by atoms with Crippen LogP contribution in [0, 0.1) is 58.2 Å². The zero-order valence-electron chi connectivity index (χ0n) is 19.6. The highest BCUT2D eigenvalue weighted by Crippen LogP contribution is 2.37. The highest BCUT2D eigenvalue weighted by molar-refractivity contribution is 5.71. The minimum Gasteiger partial charge on any atom is -0.246 e. The van der Waals surface area contributed by atoms with Gasteiger partial charge < -0.3 is 0 Å². The van der Waals surface area contributed by atoms with Gasteiger partial charge in [-0.2, -0.15) is 9.97 Å². The normalized spacial score (nSPS) is 11.2. The number of anilines is 3. The molecule has 0 saturated carbocycles. The van der Waals surface area contributed by atoms with Crippen molar-refractivity contribution in [1.29, 1.82) is 0 Å². The molecular formula is C25H8F10N6. The van der Waals surface area contributed by atoms with Crippen molar-refractivity contribution < 1.29 is 43.9 Å². The van der Waals surface area contributed by atoms with Gasteiger partial charge in [0.1, 0.15) is 11.6 Å². The van der Waals surface area contributed by atoms with Gasteiger partial charge >= 0.3 is 0 Å². The molecule has 3 aromatic heterocycles. The quantitative estimate of drug-likeness (QED) is 0.128. The van der Waals surface area contributed by atoms with Crippen LogP contribution in [0.5, 0.6) is 0 Å². The number of hydrogen-bond donors (Lipinski definition) is 0. The third-order valence-corrected chi connectivity index (χ3v) is 5.45. The average molecular weight is 582 g/mol. The summed E-state index contributed by atoms with van der Waals surface area (Å²) in [6.45, 7) is 0. The fourth-order valence-corrected chi connectivity index (χ4v) is 3.59. The van der Waals surface area contributed by atoms with Crippen molar-refractivity contribution in [2.75, 3.05) is 4.90 Å². The van der Waals surface area contributed by atoms with Crippen molar-refractivity contribution >= 4 is 17.6 Å². The molecule has 0 bridgehead atoms. The van der Waals surface area contributed by atoms with Crippen LogP contribution in [0.15, 0.2) is 48.8 Å². The average Bonchev–Trinajstić information content (AvgIpc) is 2.98. The topological polar surface area (TPSA) is 67.7 Å². The Morgan fingerprint density at radius 1 is 0.415 bits per heavy atom. The van der Waals surface area contributed by atoms with Crippen molar-refractivity contribution in [3.8, 4) is 22.8 Å². The summed E-state index contributed by atoms with van der Waals surface area (Å²) in [5, 5.41) is 0. The molecular weight excluding hydrogens is 574 g/mol. The van der Waals surface area contributed by atoms with E-state index in [4.69, 9.17) is 0 Å². The number of benzene rings is 2. The molecule has 2 aromatic carbocycles. The molecule has 0 atom stereocenters. The molecule has 3 heterocycles. The number of rotatable bonds is 5. The fourth-order valence-electron chi connectivity index (χ4n) is 3.59. The lowest BCUT2D eigenvalue weighted by Crippen LogP contribution is -2.18. The highest BCUT2D eigenvalue weighted by Gasteiger charge is 2.33. The van der Waals surface area contributed by atoms with Crippen LogP contribution in [0.2, 0.25) is 0 Å². The predicted molar refractivity (Wildman–Crippen MR) is 121 cm³/mol. The zero-order chi connectivity index (χ0) is 29.6. The van der Waals surface area contributed by atoms with E-state index in [-0.39, 0.29) is 11.6 Å². The summed E-state index contributed by atoms with van der Waals surface area (Å²) in [6.07, 6.45) is 2.50. The van der Waals surface area contributed by atoms with Crippen LogP contribution in [0.4, 0.5) is 61.5 Å².